The Balaban J connectivity index is 2.20. The number of carbonyl (C=O) groups excluding carboxylic acids is 1. The van der Waals surface area contributed by atoms with Crippen LogP contribution in [0.4, 0.5) is 5.82 Å². The van der Waals surface area contributed by atoms with Crippen molar-refractivity contribution in [2.24, 2.45) is 13.0 Å². The van der Waals surface area contributed by atoms with E-state index in [0.717, 1.165) is 13.0 Å². The summed E-state index contributed by atoms with van der Waals surface area (Å²) in [6.45, 7) is 6.01. The highest BCUT2D eigenvalue weighted by Gasteiger charge is 2.12. The van der Waals surface area contributed by atoms with E-state index in [9.17, 15) is 4.79 Å². The molecule has 0 saturated carbocycles. The van der Waals surface area contributed by atoms with Crippen molar-refractivity contribution in [3.05, 3.63) is 11.8 Å². The minimum atomic E-state index is -0.215. The summed E-state index contributed by atoms with van der Waals surface area (Å²) in [6, 6.07) is 0. The third-order valence-electron chi connectivity index (χ3n) is 2.60. The predicted molar refractivity (Wildman–Crippen MR) is 70.2 cm³/mol. The molecular formula is C12H22N4O2. The number of nitrogens with zero attached hydrogens (tertiary/aromatic N) is 2. The van der Waals surface area contributed by atoms with Gasteiger partial charge in [0.25, 0.3) is 5.91 Å². The molecule has 0 unspecified atom stereocenters. The van der Waals surface area contributed by atoms with Gasteiger partial charge < -0.3 is 15.8 Å². The van der Waals surface area contributed by atoms with E-state index in [-0.39, 0.29) is 5.91 Å². The molecule has 0 aliphatic carbocycles. The minimum absolute atomic E-state index is 0.215. The maximum atomic E-state index is 11.7. The highest BCUT2D eigenvalue weighted by molar-refractivity contribution is 5.98. The summed E-state index contributed by atoms with van der Waals surface area (Å²) in [5, 5.41) is 6.66. The average Bonchev–Trinajstić information content (AvgIpc) is 2.64. The lowest BCUT2D eigenvalue weighted by Gasteiger charge is -2.07. The van der Waals surface area contributed by atoms with Crippen molar-refractivity contribution >= 4 is 11.7 Å². The Morgan fingerprint density at radius 1 is 1.56 bits per heavy atom. The number of nitrogens with two attached hydrogens (primary N) is 1. The number of aromatic nitrogens is 2. The number of hydrogen-bond donors (Lipinski definition) is 2. The summed E-state index contributed by atoms with van der Waals surface area (Å²) in [5.41, 5.74) is 6.10. The Kier molecular flexibility index (Phi) is 5.64. The van der Waals surface area contributed by atoms with Gasteiger partial charge in [-0.1, -0.05) is 13.8 Å². The second-order valence-corrected chi connectivity index (χ2v) is 4.62. The first-order valence-corrected chi connectivity index (χ1v) is 6.15. The molecule has 0 fully saturated rings. The summed E-state index contributed by atoms with van der Waals surface area (Å²) >= 11 is 0. The van der Waals surface area contributed by atoms with Crippen molar-refractivity contribution in [2.45, 2.75) is 20.3 Å². The van der Waals surface area contributed by atoms with E-state index >= 15 is 0 Å². The van der Waals surface area contributed by atoms with Crippen LogP contribution >= 0.6 is 0 Å². The number of carbonyl (C=O) groups is 1. The van der Waals surface area contributed by atoms with E-state index in [0.29, 0.717) is 30.5 Å². The van der Waals surface area contributed by atoms with Gasteiger partial charge in [-0.25, -0.2) is 0 Å². The molecule has 6 nitrogen and oxygen atoms in total. The number of nitrogens with one attached hydrogen (secondary N) is 1. The molecule has 0 bridgehead atoms. The number of amides is 1. The van der Waals surface area contributed by atoms with Gasteiger partial charge in [-0.15, -0.1) is 0 Å². The molecule has 0 atom stereocenters. The zero-order chi connectivity index (χ0) is 13.5. The molecule has 1 aromatic rings. The number of aryl methyl sites for hydroxylation is 1. The van der Waals surface area contributed by atoms with Crippen LogP contribution in [0.25, 0.3) is 0 Å². The van der Waals surface area contributed by atoms with Gasteiger partial charge in [-0.05, 0) is 12.3 Å². The zero-order valence-corrected chi connectivity index (χ0v) is 11.3. The third-order valence-corrected chi connectivity index (χ3v) is 2.60. The lowest BCUT2D eigenvalue weighted by Crippen LogP contribution is -2.27. The van der Waals surface area contributed by atoms with E-state index in [1.807, 2.05) is 0 Å². The first-order valence-electron chi connectivity index (χ1n) is 6.15. The SMILES string of the molecule is CC(C)CCOCCNC(=O)c1cnn(C)c1N. The van der Waals surface area contributed by atoms with Crippen LogP contribution in [0.5, 0.6) is 0 Å². The molecule has 0 spiro atoms. The second-order valence-electron chi connectivity index (χ2n) is 4.62. The smallest absolute Gasteiger partial charge is 0.256 e. The zero-order valence-electron chi connectivity index (χ0n) is 11.3. The Bertz CT molecular complexity index is 387. The summed E-state index contributed by atoms with van der Waals surface area (Å²) in [7, 11) is 1.70. The minimum Gasteiger partial charge on any atom is -0.383 e. The van der Waals surface area contributed by atoms with Crippen LogP contribution in [0.15, 0.2) is 6.20 Å². The molecule has 6 heteroatoms. The molecule has 0 aromatic carbocycles. The van der Waals surface area contributed by atoms with Crippen LogP contribution in [-0.2, 0) is 11.8 Å². The lowest BCUT2D eigenvalue weighted by molar-refractivity contribution is 0.0906. The average molecular weight is 254 g/mol. The Hall–Kier alpha value is -1.56. The van der Waals surface area contributed by atoms with Crippen LogP contribution in [0.1, 0.15) is 30.6 Å². The van der Waals surface area contributed by atoms with Crippen LogP contribution in [0.2, 0.25) is 0 Å². The summed E-state index contributed by atoms with van der Waals surface area (Å²) in [6.07, 6.45) is 2.49. The van der Waals surface area contributed by atoms with Gasteiger partial charge in [0.05, 0.1) is 12.8 Å². The predicted octanol–water partition coefficient (Wildman–Crippen LogP) is 0.795. The molecule has 18 heavy (non-hydrogen) atoms. The summed E-state index contributed by atoms with van der Waals surface area (Å²) in [5.74, 6) is 0.788. The molecule has 1 rings (SSSR count). The fourth-order valence-electron chi connectivity index (χ4n) is 1.37. The van der Waals surface area contributed by atoms with E-state index in [2.05, 4.69) is 24.3 Å². The van der Waals surface area contributed by atoms with E-state index < -0.39 is 0 Å². The van der Waals surface area contributed by atoms with Crippen LogP contribution in [0, 0.1) is 5.92 Å². The topological polar surface area (TPSA) is 82.2 Å². The van der Waals surface area contributed by atoms with Gasteiger partial charge in [0.1, 0.15) is 11.4 Å². The first kappa shape index (κ1) is 14.5. The largest absolute Gasteiger partial charge is 0.383 e. The fraction of sp³-hybridized carbons (Fsp3) is 0.667. The van der Waals surface area contributed by atoms with Crippen LogP contribution < -0.4 is 11.1 Å². The van der Waals surface area contributed by atoms with Gasteiger partial charge in [0, 0.05) is 20.2 Å². The monoisotopic (exact) mass is 254 g/mol. The van der Waals surface area contributed by atoms with Crippen molar-refractivity contribution in [2.75, 3.05) is 25.5 Å². The standard InChI is InChI=1S/C12H22N4O2/c1-9(2)4-6-18-7-5-14-12(17)10-8-15-16(3)11(10)13/h8-9H,4-7,13H2,1-3H3,(H,14,17). The van der Waals surface area contributed by atoms with Gasteiger partial charge in [0.2, 0.25) is 0 Å². The highest BCUT2D eigenvalue weighted by atomic mass is 16.5. The second kappa shape index (κ2) is 7.00. The van der Waals surface area contributed by atoms with Crippen molar-refractivity contribution in [1.82, 2.24) is 15.1 Å². The van der Waals surface area contributed by atoms with E-state index in [1.165, 1.54) is 10.9 Å². The molecule has 0 aliphatic rings. The molecule has 1 heterocycles. The Morgan fingerprint density at radius 3 is 2.83 bits per heavy atom. The van der Waals surface area contributed by atoms with E-state index in [1.54, 1.807) is 7.05 Å². The van der Waals surface area contributed by atoms with Crippen LogP contribution in [0.3, 0.4) is 0 Å². The van der Waals surface area contributed by atoms with Gasteiger partial charge in [-0.3, -0.25) is 9.48 Å². The number of nitrogen functional groups attached to an aromatic ring is 1. The molecular weight excluding hydrogens is 232 g/mol. The fourth-order valence-corrected chi connectivity index (χ4v) is 1.37. The normalized spacial score (nSPS) is 10.9. The molecule has 0 aliphatic heterocycles. The molecule has 1 aromatic heterocycles. The third kappa shape index (κ3) is 4.37. The van der Waals surface area contributed by atoms with Gasteiger partial charge in [-0.2, -0.15) is 5.10 Å². The molecule has 102 valence electrons. The molecule has 3 N–H and O–H groups in total. The molecule has 0 radical (unpaired) electrons. The summed E-state index contributed by atoms with van der Waals surface area (Å²) in [4.78, 5) is 11.7. The first-order chi connectivity index (χ1) is 8.52. The lowest BCUT2D eigenvalue weighted by atomic mass is 10.1. The number of anilines is 1. The van der Waals surface area contributed by atoms with Crippen molar-refractivity contribution < 1.29 is 9.53 Å². The van der Waals surface area contributed by atoms with E-state index in [4.69, 9.17) is 10.5 Å². The Labute approximate surface area is 107 Å². The molecule has 0 saturated heterocycles. The number of ether oxygens (including phenoxy) is 1. The maximum absolute atomic E-state index is 11.7. The van der Waals surface area contributed by atoms with Gasteiger partial charge >= 0.3 is 0 Å². The van der Waals surface area contributed by atoms with Crippen molar-refractivity contribution in [3.8, 4) is 0 Å². The highest BCUT2D eigenvalue weighted by Crippen LogP contribution is 2.08. The number of rotatable bonds is 7. The number of hydrogen-bond acceptors (Lipinski definition) is 4. The summed E-state index contributed by atoms with van der Waals surface area (Å²) < 4.78 is 6.87. The Morgan fingerprint density at radius 2 is 2.28 bits per heavy atom. The maximum Gasteiger partial charge on any atom is 0.256 e. The molecule has 1 amide bonds. The van der Waals surface area contributed by atoms with Crippen molar-refractivity contribution in [3.63, 3.8) is 0 Å². The van der Waals surface area contributed by atoms with Gasteiger partial charge in [0.15, 0.2) is 0 Å². The van der Waals surface area contributed by atoms with Crippen LogP contribution in [-0.4, -0.2) is 35.4 Å². The van der Waals surface area contributed by atoms with Crippen molar-refractivity contribution in [1.29, 1.82) is 0 Å². The quantitative estimate of drug-likeness (QED) is 0.705.